The highest BCUT2D eigenvalue weighted by Crippen LogP contribution is 2.37. The third-order valence-corrected chi connectivity index (χ3v) is 4.14. The standard InChI is InChI=1S/C17H20F3NO3/c1-11(22)12-5-4-6-13(9-12)24-10-16(23)21-15-8-3-2-7-14(15)17(18,19)20/h4-6,9,14-15H,2-3,7-8,10H2,1H3,(H,21,23)/t14-,15+/m1/s1. The molecule has 0 aliphatic heterocycles. The number of halogens is 3. The maximum Gasteiger partial charge on any atom is 0.393 e. The summed E-state index contributed by atoms with van der Waals surface area (Å²) in [4.78, 5) is 23.2. The van der Waals surface area contributed by atoms with Crippen molar-refractivity contribution in [1.29, 1.82) is 0 Å². The molecule has 0 heterocycles. The van der Waals surface area contributed by atoms with Gasteiger partial charge in [-0.1, -0.05) is 25.0 Å². The molecule has 2 rings (SSSR count). The zero-order valence-electron chi connectivity index (χ0n) is 13.4. The van der Waals surface area contributed by atoms with Crippen LogP contribution in [-0.4, -0.2) is 30.5 Å². The lowest BCUT2D eigenvalue weighted by Gasteiger charge is -2.33. The molecule has 1 aromatic carbocycles. The van der Waals surface area contributed by atoms with Crippen LogP contribution in [0.15, 0.2) is 24.3 Å². The van der Waals surface area contributed by atoms with Gasteiger partial charge in [0.15, 0.2) is 12.4 Å². The molecule has 2 atom stereocenters. The van der Waals surface area contributed by atoms with Crippen LogP contribution in [0.1, 0.15) is 43.0 Å². The van der Waals surface area contributed by atoms with E-state index in [1.165, 1.54) is 13.0 Å². The van der Waals surface area contributed by atoms with Gasteiger partial charge >= 0.3 is 6.18 Å². The SMILES string of the molecule is CC(=O)c1cccc(OCC(=O)N[C@H]2CCCC[C@H]2C(F)(F)F)c1. The number of ketones is 1. The van der Waals surface area contributed by atoms with Crippen LogP contribution < -0.4 is 10.1 Å². The van der Waals surface area contributed by atoms with Crippen LogP contribution in [-0.2, 0) is 4.79 Å². The number of hydrogen-bond acceptors (Lipinski definition) is 3. The molecule has 1 fully saturated rings. The van der Waals surface area contributed by atoms with Crippen molar-refractivity contribution in [1.82, 2.24) is 5.32 Å². The minimum absolute atomic E-state index is 0.0377. The maximum atomic E-state index is 13.0. The Hall–Kier alpha value is -2.05. The van der Waals surface area contributed by atoms with Gasteiger partial charge in [0.05, 0.1) is 5.92 Å². The predicted molar refractivity (Wildman–Crippen MR) is 81.9 cm³/mol. The Morgan fingerprint density at radius 3 is 2.62 bits per heavy atom. The monoisotopic (exact) mass is 343 g/mol. The van der Waals surface area contributed by atoms with Crippen LogP contribution in [0, 0.1) is 5.92 Å². The smallest absolute Gasteiger partial charge is 0.393 e. The number of amides is 1. The van der Waals surface area contributed by atoms with Gasteiger partial charge in [-0.2, -0.15) is 13.2 Å². The number of hydrogen-bond donors (Lipinski definition) is 1. The summed E-state index contributed by atoms with van der Waals surface area (Å²) in [6.07, 6.45) is -2.77. The molecule has 0 radical (unpaired) electrons. The fourth-order valence-corrected chi connectivity index (χ4v) is 2.90. The van der Waals surface area contributed by atoms with Gasteiger partial charge in [-0.25, -0.2) is 0 Å². The average Bonchev–Trinajstić information content (AvgIpc) is 2.52. The van der Waals surface area contributed by atoms with E-state index in [1.807, 2.05) is 0 Å². The Kier molecular flexibility index (Phi) is 5.85. The Morgan fingerprint density at radius 2 is 1.96 bits per heavy atom. The van der Waals surface area contributed by atoms with Crippen molar-refractivity contribution >= 4 is 11.7 Å². The Balaban J connectivity index is 1.90. The molecule has 24 heavy (non-hydrogen) atoms. The molecule has 1 aliphatic carbocycles. The molecular formula is C17H20F3NO3. The summed E-state index contributed by atoms with van der Waals surface area (Å²) >= 11 is 0. The first-order valence-corrected chi connectivity index (χ1v) is 7.87. The van der Waals surface area contributed by atoms with E-state index in [2.05, 4.69) is 5.32 Å². The summed E-state index contributed by atoms with van der Waals surface area (Å²) in [5, 5.41) is 2.43. The molecule has 1 aliphatic rings. The molecule has 0 aromatic heterocycles. The van der Waals surface area contributed by atoms with Crippen molar-refractivity contribution < 1.29 is 27.5 Å². The molecule has 0 spiro atoms. The molecule has 1 saturated carbocycles. The fraction of sp³-hybridized carbons (Fsp3) is 0.529. The van der Waals surface area contributed by atoms with E-state index < -0.39 is 24.0 Å². The van der Waals surface area contributed by atoms with Gasteiger partial charge in [0.2, 0.25) is 0 Å². The van der Waals surface area contributed by atoms with Gasteiger partial charge in [-0.05, 0) is 31.9 Å². The number of carbonyl (C=O) groups is 2. The molecule has 1 N–H and O–H groups in total. The highest BCUT2D eigenvalue weighted by Gasteiger charge is 2.45. The largest absolute Gasteiger partial charge is 0.484 e. The topological polar surface area (TPSA) is 55.4 Å². The lowest BCUT2D eigenvalue weighted by atomic mass is 9.84. The maximum absolute atomic E-state index is 13.0. The van der Waals surface area contributed by atoms with Crippen LogP contribution in [0.4, 0.5) is 13.2 Å². The van der Waals surface area contributed by atoms with Gasteiger partial charge in [-0.3, -0.25) is 9.59 Å². The number of rotatable bonds is 5. The third-order valence-electron chi connectivity index (χ3n) is 4.14. The van der Waals surface area contributed by atoms with E-state index in [0.29, 0.717) is 30.6 Å². The van der Waals surface area contributed by atoms with E-state index >= 15 is 0 Å². The van der Waals surface area contributed by atoms with E-state index in [-0.39, 0.29) is 18.8 Å². The highest BCUT2D eigenvalue weighted by atomic mass is 19.4. The summed E-state index contributed by atoms with van der Waals surface area (Å²) in [6.45, 7) is 1.02. The van der Waals surface area contributed by atoms with Crippen molar-refractivity contribution in [3.63, 3.8) is 0 Å². The number of nitrogens with one attached hydrogen (secondary N) is 1. The van der Waals surface area contributed by atoms with Crippen molar-refractivity contribution in [2.75, 3.05) is 6.61 Å². The first kappa shape index (κ1) is 18.3. The summed E-state index contributed by atoms with van der Waals surface area (Å²) in [6, 6.07) is 5.40. The Labute approximate surface area is 138 Å². The van der Waals surface area contributed by atoms with Crippen LogP contribution in [0.5, 0.6) is 5.75 Å². The number of alkyl halides is 3. The average molecular weight is 343 g/mol. The number of carbonyl (C=O) groups excluding carboxylic acids is 2. The lowest BCUT2D eigenvalue weighted by molar-refractivity contribution is -0.189. The van der Waals surface area contributed by atoms with Crippen LogP contribution >= 0.6 is 0 Å². The molecular weight excluding hydrogens is 323 g/mol. The number of benzene rings is 1. The van der Waals surface area contributed by atoms with Crippen LogP contribution in [0.3, 0.4) is 0 Å². The van der Waals surface area contributed by atoms with Gasteiger partial charge in [0.25, 0.3) is 5.91 Å². The number of ether oxygens (including phenoxy) is 1. The number of Topliss-reactive ketones (excluding diaryl/α,β-unsaturated/α-hetero) is 1. The molecule has 7 heteroatoms. The molecule has 0 bridgehead atoms. The molecule has 132 valence electrons. The molecule has 0 saturated heterocycles. The van der Waals surface area contributed by atoms with Crippen molar-refractivity contribution in [3.8, 4) is 5.75 Å². The highest BCUT2D eigenvalue weighted by molar-refractivity contribution is 5.94. The zero-order valence-corrected chi connectivity index (χ0v) is 13.4. The predicted octanol–water partition coefficient (Wildman–Crippen LogP) is 3.51. The van der Waals surface area contributed by atoms with Crippen molar-refractivity contribution in [3.05, 3.63) is 29.8 Å². The van der Waals surface area contributed by atoms with Crippen molar-refractivity contribution in [2.24, 2.45) is 5.92 Å². The lowest BCUT2D eigenvalue weighted by Crippen LogP contribution is -2.48. The minimum atomic E-state index is -4.31. The first-order valence-electron chi connectivity index (χ1n) is 7.87. The third kappa shape index (κ3) is 4.97. The van der Waals surface area contributed by atoms with E-state index in [0.717, 1.165) is 0 Å². The second kappa shape index (κ2) is 7.68. The summed E-state index contributed by atoms with van der Waals surface area (Å²) in [7, 11) is 0. The van der Waals surface area contributed by atoms with Gasteiger partial charge in [0.1, 0.15) is 5.75 Å². The summed E-state index contributed by atoms with van der Waals surface area (Å²) < 4.78 is 44.3. The van der Waals surface area contributed by atoms with Crippen LogP contribution in [0.25, 0.3) is 0 Å². The second-order valence-electron chi connectivity index (χ2n) is 5.98. The summed E-state index contributed by atoms with van der Waals surface area (Å²) in [5.41, 5.74) is 0.442. The van der Waals surface area contributed by atoms with Crippen LogP contribution in [0.2, 0.25) is 0 Å². The van der Waals surface area contributed by atoms with Gasteiger partial charge in [-0.15, -0.1) is 0 Å². The molecule has 1 aromatic rings. The zero-order chi connectivity index (χ0) is 17.7. The van der Waals surface area contributed by atoms with E-state index in [4.69, 9.17) is 4.74 Å². The quantitative estimate of drug-likeness (QED) is 0.833. The fourth-order valence-electron chi connectivity index (χ4n) is 2.90. The molecule has 1 amide bonds. The second-order valence-corrected chi connectivity index (χ2v) is 5.98. The van der Waals surface area contributed by atoms with Crippen molar-refractivity contribution in [2.45, 2.75) is 44.8 Å². The Morgan fingerprint density at radius 1 is 1.25 bits per heavy atom. The van der Waals surface area contributed by atoms with E-state index in [1.54, 1.807) is 18.2 Å². The summed E-state index contributed by atoms with van der Waals surface area (Å²) in [5.74, 6) is -1.91. The van der Waals surface area contributed by atoms with Gasteiger partial charge in [0, 0.05) is 11.6 Å². The van der Waals surface area contributed by atoms with Gasteiger partial charge < -0.3 is 10.1 Å². The van der Waals surface area contributed by atoms with E-state index in [9.17, 15) is 22.8 Å². The Bertz CT molecular complexity index is 601. The molecule has 4 nitrogen and oxygen atoms in total. The first-order chi connectivity index (χ1) is 11.3. The normalized spacial score (nSPS) is 21.2. The minimum Gasteiger partial charge on any atom is -0.484 e. The molecule has 0 unspecified atom stereocenters.